The van der Waals surface area contributed by atoms with Gasteiger partial charge in [-0.2, -0.15) is 0 Å². The van der Waals surface area contributed by atoms with Crippen LogP contribution >= 0.6 is 0 Å². The fourth-order valence-electron chi connectivity index (χ4n) is 1.32. The molecule has 3 heteroatoms. The van der Waals surface area contributed by atoms with Gasteiger partial charge in [0, 0.05) is 18.8 Å². The van der Waals surface area contributed by atoms with E-state index in [9.17, 15) is 9.59 Å². The topological polar surface area (TPSA) is 43.4 Å². The number of hydrogen-bond donors (Lipinski definition) is 0. The first-order chi connectivity index (χ1) is 7.11. The van der Waals surface area contributed by atoms with Gasteiger partial charge >= 0.3 is 5.97 Å². The molecule has 0 amide bonds. The quantitative estimate of drug-likeness (QED) is 0.461. The lowest BCUT2D eigenvalue weighted by Crippen LogP contribution is -2.09. The molecule has 0 saturated heterocycles. The van der Waals surface area contributed by atoms with E-state index in [0.717, 1.165) is 25.7 Å². The summed E-state index contributed by atoms with van der Waals surface area (Å²) in [6.45, 7) is 4.00. The van der Waals surface area contributed by atoms with Crippen LogP contribution in [0.25, 0.3) is 0 Å². The summed E-state index contributed by atoms with van der Waals surface area (Å²) >= 11 is 0. The fourth-order valence-corrected chi connectivity index (χ4v) is 1.32. The highest BCUT2D eigenvalue weighted by Crippen LogP contribution is 2.10. The lowest BCUT2D eigenvalue weighted by Gasteiger charge is -2.06. The Kier molecular flexibility index (Phi) is 7.96. The van der Waals surface area contributed by atoms with Crippen molar-refractivity contribution in [1.82, 2.24) is 0 Å². The monoisotopic (exact) mass is 214 g/mol. The highest BCUT2D eigenvalue weighted by atomic mass is 16.5. The summed E-state index contributed by atoms with van der Waals surface area (Å²) in [4.78, 5) is 22.2. The Labute approximate surface area is 92.2 Å². The SMILES string of the molecule is CCC(C)C(=O)CCCCCC(=O)OC. The van der Waals surface area contributed by atoms with E-state index >= 15 is 0 Å². The second-order valence-corrected chi connectivity index (χ2v) is 3.91. The summed E-state index contributed by atoms with van der Waals surface area (Å²) in [5.41, 5.74) is 0. The summed E-state index contributed by atoms with van der Waals surface area (Å²) in [5.74, 6) is 0.365. The molecule has 0 N–H and O–H groups in total. The Bertz CT molecular complexity index is 199. The van der Waals surface area contributed by atoms with Gasteiger partial charge in [0.05, 0.1) is 7.11 Å². The van der Waals surface area contributed by atoms with Gasteiger partial charge in [-0.1, -0.05) is 20.3 Å². The molecule has 0 aromatic rings. The van der Waals surface area contributed by atoms with Crippen LogP contribution in [0.1, 0.15) is 52.4 Å². The number of methoxy groups -OCH3 is 1. The minimum absolute atomic E-state index is 0.164. The molecular formula is C12H22O3. The summed E-state index contributed by atoms with van der Waals surface area (Å²) in [7, 11) is 1.40. The molecule has 0 radical (unpaired) electrons. The standard InChI is InChI=1S/C12H22O3/c1-4-10(2)11(13)8-6-5-7-9-12(14)15-3/h10H,4-9H2,1-3H3. The lowest BCUT2D eigenvalue weighted by molar-refractivity contribution is -0.140. The van der Waals surface area contributed by atoms with Crippen LogP contribution in [0.5, 0.6) is 0 Å². The Morgan fingerprint density at radius 1 is 1.13 bits per heavy atom. The number of ether oxygens (including phenoxy) is 1. The van der Waals surface area contributed by atoms with Crippen molar-refractivity contribution in [2.45, 2.75) is 52.4 Å². The second-order valence-electron chi connectivity index (χ2n) is 3.91. The number of unbranched alkanes of at least 4 members (excludes halogenated alkanes) is 2. The zero-order valence-corrected chi connectivity index (χ0v) is 10.0. The molecule has 0 aliphatic rings. The first kappa shape index (κ1) is 14.1. The minimum atomic E-state index is -0.164. The van der Waals surface area contributed by atoms with Crippen molar-refractivity contribution in [3.63, 3.8) is 0 Å². The van der Waals surface area contributed by atoms with E-state index in [1.807, 2.05) is 13.8 Å². The Morgan fingerprint density at radius 3 is 2.27 bits per heavy atom. The zero-order valence-electron chi connectivity index (χ0n) is 10.0. The summed E-state index contributed by atoms with van der Waals surface area (Å²) < 4.78 is 4.53. The normalized spacial score (nSPS) is 12.2. The van der Waals surface area contributed by atoms with Gasteiger partial charge in [-0.15, -0.1) is 0 Å². The molecule has 0 saturated carbocycles. The summed E-state index contributed by atoms with van der Waals surface area (Å²) in [5, 5.41) is 0. The number of hydrogen-bond acceptors (Lipinski definition) is 3. The number of carbonyl (C=O) groups is 2. The van der Waals surface area contributed by atoms with E-state index < -0.39 is 0 Å². The van der Waals surface area contributed by atoms with Gasteiger partial charge in [0.1, 0.15) is 5.78 Å². The number of ketones is 1. The Morgan fingerprint density at radius 2 is 1.73 bits per heavy atom. The first-order valence-corrected chi connectivity index (χ1v) is 5.71. The highest BCUT2D eigenvalue weighted by Gasteiger charge is 2.09. The van der Waals surface area contributed by atoms with Crippen molar-refractivity contribution in [3.05, 3.63) is 0 Å². The summed E-state index contributed by atoms with van der Waals surface area (Å²) in [6.07, 6.45) is 4.67. The molecule has 88 valence electrons. The molecule has 0 aromatic carbocycles. The van der Waals surface area contributed by atoms with Crippen LogP contribution in [0.4, 0.5) is 0 Å². The average Bonchev–Trinajstić information content (AvgIpc) is 2.26. The Balaban J connectivity index is 3.39. The third kappa shape index (κ3) is 7.11. The van der Waals surface area contributed by atoms with Crippen LogP contribution in [-0.2, 0) is 14.3 Å². The maximum Gasteiger partial charge on any atom is 0.305 e. The van der Waals surface area contributed by atoms with Gasteiger partial charge in [-0.25, -0.2) is 0 Å². The molecule has 0 spiro atoms. The number of Topliss-reactive ketones (excluding diaryl/α,β-unsaturated/α-hetero) is 1. The second kappa shape index (κ2) is 8.45. The predicted octanol–water partition coefficient (Wildman–Crippen LogP) is 2.73. The van der Waals surface area contributed by atoms with Gasteiger partial charge in [0.2, 0.25) is 0 Å². The molecule has 0 aliphatic heterocycles. The molecule has 1 atom stereocenters. The van der Waals surface area contributed by atoms with Gasteiger partial charge in [0.15, 0.2) is 0 Å². The van der Waals surface area contributed by atoms with Crippen molar-refractivity contribution in [1.29, 1.82) is 0 Å². The third-order valence-corrected chi connectivity index (χ3v) is 2.69. The Hall–Kier alpha value is -0.860. The molecule has 0 aromatic heterocycles. The third-order valence-electron chi connectivity index (χ3n) is 2.69. The fraction of sp³-hybridized carbons (Fsp3) is 0.833. The van der Waals surface area contributed by atoms with Gasteiger partial charge in [-0.3, -0.25) is 9.59 Å². The van der Waals surface area contributed by atoms with Crippen molar-refractivity contribution >= 4 is 11.8 Å². The lowest BCUT2D eigenvalue weighted by atomic mass is 9.98. The molecule has 3 nitrogen and oxygen atoms in total. The van der Waals surface area contributed by atoms with Crippen LogP contribution in [0.3, 0.4) is 0 Å². The number of carbonyl (C=O) groups excluding carboxylic acids is 2. The van der Waals surface area contributed by atoms with E-state index in [2.05, 4.69) is 4.74 Å². The number of rotatable bonds is 8. The summed E-state index contributed by atoms with van der Waals surface area (Å²) in [6, 6.07) is 0. The zero-order chi connectivity index (χ0) is 11.7. The number of esters is 1. The molecule has 0 rings (SSSR count). The maximum atomic E-state index is 11.4. The largest absolute Gasteiger partial charge is 0.469 e. The molecule has 15 heavy (non-hydrogen) atoms. The highest BCUT2D eigenvalue weighted by molar-refractivity contribution is 5.80. The van der Waals surface area contributed by atoms with E-state index in [1.165, 1.54) is 7.11 Å². The van der Waals surface area contributed by atoms with Crippen LogP contribution in [0.15, 0.2) is 0 Å². The van der Waals surface area contributed by atoms with Crippen LogP contribution in [-0.4, -0.2) is 18.9 Å². The van der Waals surface area contributed by atoms with E-state index in [0.29, 0.717) is 18.6 Å². The molecule has 0 aliphatic carbocycles. The van der Waals surface area contributed by atoms with E-state index in [1.54, 1.807) is 0 Å². The van der Waals surface area contributed by atoms with Gasteiger partial charge in [-0.05, 0) is 19.3 Å². The van der Waals surface area contributed by atoms with Crippen molar-refractivity contribution in [2.75, 3.05) is 7.11 Å². The van der Waals surface area contributed by atoms with Crippen LogP contribution in [0, 0.1) is 5.92 Å². The van der Waals surface area contributed by atoms with E-state index in [-0.39, 0.29) is 11.9 Å². The molecular weight excluding hydrogens is 192 g/mol. The van der Waals surface area contributed by atoms with Crippen molar-refractivity contribution in [3.8, 4) is 0 Å². The van der Waals surface area contributed by atoms with Crippen molar-refractivity contribution in [2.24, 2.45) is 5.92 Å². The van der Waals surface area contributed by atoms with Crippen LogP contribution in [0.2, 0.25) is 0 Å². The molecule has 0 fully saturated rings. The predicted molar refractivity (Wildman–Crippen MR) is 59.6 cm³/mol. The van der Waals surface area contributed by atoms with Crippen molar-refractivity contribution < 1.29 is 14.3 Å². The smallest absolute Gasteiger partial charge is 0.305 e. The molecule has 0 heterocycles. The maximum absolute atomic E-state index is 11.4. The molecule has 0 bridgehead atoms. The van der Waals surface area contributed by atoms with Gasteiger partial charge in [0.25, 0.3) is 0 Å². The first-order valence-electron chi connectivity index (χ1n) is 5.71. The minimum Gasteiger partial charge on any atom is -0.469 e. The average molecular weight is 214 g/mol. The van der Waals surface area contributed by atoms with E-state index in [4.69, 9.17) is 0 Å². The van der Waals surface area contributed by atoms with Gasteiger partial charge < -0.3 is 4.74 Å². The van der Waals surface area contributed by atoms with Crippen LogP contribution < -0.4 is 0 Å². The molecule has 1 unspecified atom stereocenters.